The van der Waals surface area contributed by atoms with Crippen LogP contribution in [0, 0.1) is 0 Å². The van der Waals surface area contributed by atoms with Crippen LogP contribution in [0.1, 0.15) is 24.0 Å². The summed E-state index contributed by atoms with van der Waals surface area (Å²) < 4.78 is 35.3. The molecule has 10 heteroatoms. The molecule has 0 aliphatic carbocycles. The monoisotopic (exact) mass is 508 g/mol. The normalized spacial score (nSPS) is 16.0. The third kappa shape index (κ3) is 5.43. The number of carbonyl (C=O) groups excluding carboxylic acids is 1. The maximum absolute atomic E-state index is 12.4. The summed E-state index contributed by atoms with van der Waals surface area (Å²) in [5.41, 5.74) is 2.87. The van der Waals surface area contributed by atoms with Crippen molar-refractivity contribution >= 4 is 27.4 Å². The Labute approximate surface area is 210 Å². The average molecular weight is 509 g/mol. The maximum atomic E-state index is 12.4. The van der Waals surface area contributed by atoms with E-state index in [4.69, 9.17) is 9.47 Å². The van der Waals surface area contributed by atoms with Crippen molar-refractivity contribution in [2.24, 2.45) is 0 Å². The van der Waals surface area contributed by atoms with Gasteiger partial charge in [0.15, 0.2) is 9.84 Å². The van der Waals surface area contributed by atoms with Gasteiger partial charge < -0.3 is 19.3 Å². The van der Waals surface area contributed by atoms with Gasteiger partial charge in [0.2, 0.25) is 5.88 Å². The van der Waals surface area contributed by atoms with E-state index in [0.29, 0.717) is 49.1 Å². The fourth-order valence-corrected chi connectivity index (χ4v) is 5.20. The first-order valence-corrected chi connectivity index (χ1v) is 13.8. The minimum atomic E-state index is -3.25. The van der Waals surface area contributed by atoms with Crippen molar-refractivity contribution in [3.05, 3.63) is 72.1 Å². The number of aromatic nitrogens is 2. The van der Waals surface area contributed by atoms with E-state index in [-0.39, 0.29) is 18.8 Å². The number of anilines is 2. The molecule has 0 atom stereocenters. The number of nitrogens with zero attached hydrogens (tertiary/aromatic N) is 4. The van der Waals surface area contributed by atoms with Crippen LogP contribution in [-0.4, -0.2) is 61.4 Å². The Hall–Kier alpha value is -3.66. The third-order valence-electron chi connectivity index (χ3n) is 6.47. The van der Waals surface area contributed by atoms with Crippen molar-refractivity contribution in [2.45, 2.75) is 36.9 Å². The van der Waals surface area contributed by atoms with E-state index in [1.54, 1.807) is 23.1 Å². The van der Waals surface area contributed by atoms with Crippen LogP contribution in [0.2, 0.25) is 0 Å². The van der Waals surface area contributed by atoms with Gasteiger partial charge in [-0.25, -0.2) is 23.2 Å². The molecule has 3 heterocycles. The van der Waals surface area contributed by atoms with Gasteiger partial charge in [0.05, 0.1) is 4.90 Å². The van der Waals surface area contributed by atoms with E-state index in [1.807, 2.05) is 41.3 Å². The summed E-state index contributed by atoms with van der Waals surface area (Å²) in [7, 11) is -3.25. The highest BCUT2D eigenvalue weighted by Gasteiger charge is 2.27. The molecule has 0 radical (unpaired) electrons. The Morgan fingerprint density at radius 3 is 2.56 bits per heavy atom. The zero-order valence-electron chi connectivity index (χ0n) is 20.0. The average Bonchev–Trinajstić information content (AvgIpc) is 3.31. The van der Waals surface area contributed by atoms with Crippen LogP contribution in [0.3, 0.4) is 0 Å². The number of piperidine rings is 1. The molecule has 1 aromatic heterocycles. The lowest BCUT2D eigenvalue weighted by molar-refractivity contribution is 0.0625. The van der Waals surface area contributed by atoms with Gasteiger partial charge in [0.1, 0.15) is 24.9 Å². The number of carbonyl (C=O) groups is 1. The molecule has 0 unspecified atom stereocenters. The van der Waals surface area contributed by atoms with E-state index in [2.05, 4.69) is 9.97 Å². The predicted molar refractivity (Wildman–Crippen MR) is 134 cm³/mol. The highest BCUT2D eigenvalue weighted by molar-refractivity contribution is 7.90. The smallest absolute Gasteiger partial charge is 0.410 e. The molecule has 2 aromatic carbocycles. The fraction of sp³-hybridized carbons (Fsp3) is 0.346. The van der Waals surface area contributed by atoms with Crippen molar-refractivity contribution in [3.63, 3.8) is 0 Å². The van der Waals surface area contributed by atoms with E-state index >= 15 is 0 Å². The van der Waals surface area contributed by atoms with Gasteiger partial charge in [-0.15, -0.1) is 0 Å². The summed E-state index contributed by atoms with van der Waals surface area (Å²) >= 11 is 0. The molecule has 36 heavy (non-hydrogen) atoms. The Kier molecular flexibility index (Phi) is 6.77. The summed E-state index contributed by atoms with van der Waals surface area (Å²) in [6.45, 7) is 2.06. The van der Waals surface area contributed by atoms with Gasteiger partial charge in [0, 0.05) is 50.5 Å². The standard InChI is InChI=1S/C26H28N4O5S/c1-36(32,33)22-7-8-23-20(15-22)9-14-30(23)24-16-25(28-18-27-24)35-21-10-12-29(13-11-21)26(31)34-17-19-5-3-2-4-6-19/h2-8,15-16,18,21H,9-14,17H2,1H3. The quantitative estimate of drug-likeness (QED) is 0.496. The van der Waals surface area contributed by atoms with Gasteiger partial charge >= 0.3 is 6.09 Å². The van der Waals surface area contributed by atoms with Gasteiger partial charge in [-0.3, -0.25) is 0 Å². The van der Waals surface area contributed by atoms with Gasteiger partial charge in [-0.05, 0) is 35.7 Å². The summed E-state index contributed by atoms with van der Waals surface area (Å²) in [5, 5.41) is 0. The van der Waals surface area contributed by atoms with Crippen molar-refractivity contribution in [1.82, 2.24) is 14.9 Å². The summed E-state index contributed by atoms with van der Waals surface area (Å²) in [6, 6.07) is 16.6. The van der Waals surface area contributed by atoms with Crippen LogP contribution in [-0.2, 0) is 27.6 Å². The molecule has 0 N–H and O–H groups in total. The third-order valence-corrected chi connectivity index (χ3v) is 7.58. The Morgan fingerprint density at radius 2 is 1.81 bits per heavy atom. The Bertz CT molecular complexity index is 1340. The molecule has 0 bridgehead atoms. The Morgan fingerprint density at radius 1 is 1.03 bits per heavy atom. The van der Waals surface area contributed by atoms with E-state index < -0.39 is 9.84 Å². The first-order chi connectivity index (χ1) is 17.4. The second-order valence-corrected chi connectivity index (χ2v) is 11.0. The number of sulfone groups is 1. The fourth-order valence-electron chi connectivity index (χ4n) is 4.53. The second kappa shape index (κ2) is 10.1. The van der Waals surface area contributed by atoms with Crippen LogP contribution < -0.4 is 9.64 Å². The molecule has 1 fully saturated rings. The number of hydrogen-bond acceptors (Lipinski definition) is 8. The highest BCUT2D eigenvalue weighted by atomic mass is 32.2. The summed E-state index contributed by atoms with van der Waals surface area (Å²) in [6.07, 6.45) is 4.42. The molecular formula is C26H28N4O5S. The van der Waals surface area contributed by atoms with Crippen LogP contribution >= 0.6 is 0 Å². The van der Waals surface area contributed by atoms with Crippen molar-refractivity contribution < 1.29 is 22.7 Å². The zero-order chi connectivity index (χ0) is 25.1. The lowest BCUT2D eigenvalue weighted by atomic mass is 10.1. The van der Waals surface area contributed by atoms with Gasteiger partial charge in [0.25, 0.3) is 0 Å². The molecule has 1 amide bonds. The lowest BCUT2D eigenvalue weighted by Crippen LogP contribution is -2.42. The zero-order valence-corrected chi connectivity index (χ0v) is 20.9. The SMILES string of the molecule is CS(=O)(=O)c1ccc2c(c1)CCN2c1cc(OC2CCN(C(=O)OCc3ccccc3)CC2)ncn1. The number of fused-ring (bicyclic) bond motifs is 1. The minimum Gasteiger partial charge on any atom is -0.474 e. The first kappa shape index (κ1) is 24.1. The van der Waals surface area contributed by atoms with Gasteiger partial charge in [-0.2, -0.15) is 0 Å². The largest absolute Gasteiger partial charge is 0.474 e. The van der Waals surface area contributed by atoms with E-state index in [0.717, 1.165) is 23.2 Å². The van der Waals surface area contributed by atoms with E-state index in [9.17, 15) is 13.2 Å². The lowest BCUT2D eigenvalue weighted by Gasteiger charge is -2.31. The van der Waals surface area contributed by atoms with Crippen LogP contribution in [0.4, 0.5) is 16.3 Å². The Balaban J connectivity index is 1.17. The molecule has 9 nitrogen and oxygen atoms in total. The maximum Gasteiger partial charge on any atom is 0.410 e. The second-order valence-electron chi connectivity index (χ2n) is 9.02. The number of rotatable bonds is 6. The molecule has 1 saturated heterocycles. The molecule has 0 saturated carbocycles. The molecule has 0 spiro atoms. The molecule has 5 rings (SSSR count). The molecule has 2 aliphatic rings. The first-order valence-electron chi connectivity index (χ1n) is 11.9. The van der Waals surface area contributed by atoms with E-state index in [1.165, 1.54) is 12.6 Å². The molecule has 3 aromatic rings. The number of benzene rings is 2. The van der Waals surface area contributed by atoms with Crippen LogP contribution in [0.5, 0.6) is 5.88 Å². The predicted octanol–water partition coefficient (Wildman–Crippen LogP) is 3.75. The number of ether oxygens (including phenoxy) is 2. The molecular weight excluding hydrogens is 480 g/mol. The van der Waals surface area contributed by atoms with Crippen LogP contribution in [0.25, 0.3) is 0 Å². The minimum absolute atomic E-state index is 0.0610. The van der Waals surface area contributed by atoms with Crippen molar-refractivity contribution in [1.29, 1.82) is 0 Å². The summed E-state index contributed by atoms with van der Waals surface area (Å²) in [5.74, 6) is 1.18. The topological polar surface area (TPSA) is 102 Å². The molecule has 2 aliphatic heterocycles. The van der Waals surface area contributed by atoms with Crippen molar-refractivity contribution in [3.8, 4) is 5.88 Å². The molecule has 188 valence electrons. The number of hydrogen-bond donors (Lipinski definition) is 0. The van der Waals surface area contributed by atoms with Crippen molar-refractivity contribution in [2.75, 3.05) is 30.8 Å². The number of amides is 1. The number of likely N-dealkylation sites (tertiary alicyclic amines) is 1. The summed E-state index contributed by atoms with van der Waals surface area (Å²) in [4.78, 5) is 25.2. The van der Waals surface area contributed by atoms with Crippen LogP contribution in [0.15, 0.2) is 65.8 Å². The highest BCUT2D eigenvalue weighted by Crippen LogP contribution is 2.35. The van der Waals surface area contributed by atoms with Gasteiger partial charge in [-0.1, -0.05) is 30.3 Å².